The van der Waals surface area contributed by atoms with Gasteiger partial charge in [-0.25, -0.2) is 4.98 Å². The van der Waals surface area contributed by atoms with Crippen LogP contribution in [0.15, 0.2) is 6.20 Å². The molecule has 1 aromatic heterocycles. The fourth-order valence-electron chi connectivity index (χ4n) is 0.972. The Morgan fingerprint density at radius 3 is 3.24 bits per heavy atom. The second-order valence-corrected chi connectivity index (χ2v) is 5.11. The van der Waals surface area contributed by atoms with Crippen LogP contribution in [-0.2, 0) is 4.79 Å². The minimum atomic E-state index is -0.0245. The predicted octanol–water partition coefficient (Wildman–Crippen LogP) is 1.57. The molecular weight excluding hydrogens is 256 g/mol. The lowest BCUT2D eigenvalue weighted by molar-refractivity contribution is -0.115. The van der Waals surface area contributed by atoms with E-state index < -0.39 is 0 Å². The van der Waals surface area contributed by atoms with E-state index in [1.54, 1.807) is 18.0 Å². The van der Waals surface area contributed by atoms with Crippen molar-refractivity contribution < 1.29 is 9.90 Å². The minimum Gasteiger partial charge on any atom is -0.395 e. The molecule has 1 amide bonds. The second kappa shape index (κ2) is 8.12. The summed E-state index contributed by atoms with van der Waals surface area (Å²) in [5.74, 6) is 6.46. The van der Waals surface area contributed by atoms with Crippen LogP contribution in [0.1, 0.15) is 17.7 Å². The van der Waals surface area contributed by atoms with Gasteiger partial charge in [0.1, 0.15) is 0 Å². The molecule has 4 nitrogen and oxygen atoms in total. The molecule has 0 aliphatic rings. The number of nitrogens with zero attached hydrogens (tertiary/aromatic N) is 1. The highest BCUT2D eigenvalue weighted by Gasteiger charge is 2.04. The average Bonchev–Trinajstić information content (AvgIpc) is 2.74. The molecule has 1 aromatic rings. The maximum absolute atomic E-state index is 11.4. The van der Waals surface area contributed by atoms with Gasteiger partial charge in [-0.2, -0.15) is 11.8 Å². The number of aliphatic hydroxyl groups is 1. The van der Waals surface area contributed by atoms with Crippen molar-refractivity contribution in [2.45, 2.75) is 12.8 Å². The molecule has 6 heteroatoms. The number of carbonyl (C=O) groups is 1. The first-order chi connectivity index (χ1) is 8.26. The average molecular weight is 270 g/mol. The molecule has 17 heavy (non-hydrogen) atoms. The summed E-state index contributed by atoms with van der Waals surface area (Å²) in [6.07, 6.45) is 4.53. The molecular formula is C11H14N2O2S2. The van der Waals surface area contributed by atoms with Gasteiger partial charge in [0.15, 0.2) is 5.13 Å². The van der Waals surface area contributed by atoms with Gasteiger partial charge in [-0.15, -0.1) is 0 Å². The van der Waals surface area contributed by atoms with E-state index >= 15 is 0 Å². The molecule has 0 saturated carbocycles. The summed E-state index contributed by atoms with van der Waals surface area (Å²) >= 11 is 2.98. The molecule has 92 valence electrons. The van der Waals surface area contributed by atoms with Crippen molar-refractivity contribution in [1.29, 1.82) is 0 Å². The van der Waals surface area contributed by atoms with Crippen LogP contribution in [0.25, 0.3) is 0 Å². The molecule has 0 atom stereocenters. The molecule has 0 aliphatic carbocycles. The smallest absolute Gasteiger partial charge is 0.226 e. The lowest BCUT2D eigenvalue weighted by Crippen LogP contribution is -2.11. The van der Waals surface area contributed by atoms with E-state index in [4.69, 9.17) is 5.11 Å². The molecule has 0 unspecified atom stereocenters. The standard InChI is InChI=1S/C11H14N2O2S2/c1-16-7-5-10(15)13-11-12-8-9(17-11)4-2-3-6-14/h8,14H,3,5-7H2,1H3,(H,12,13,15). The number of aromatic nitrogens is 1. The summed E-state index contributed by atoms with van der Waals surface area (Å²) in [6, 6.07) is 0. The van der Waals surface area contributed by atoms with Gasteiger partial charge in [-0.05, 0) is 6.26 Å². The maximum Gasteiger partial charge on any atom is 0.226 e. The van der Waals surface area contributed by atoms with Gasteiger partial charge < -0.3 is 10.4 Å². The highest BCUT2D eigenvalue weighted by atomic mass is 32.2. The van der Waals surface area contributed by atoms with Crippen LogP contribution in [-0.4, -0.2) is 34.6 Å². The lowest BCUT2D eigenvalue weighted by Gasteiger charge is -1.98. The molecule has 0 saturated heterocycles. The van der Waals surface area contributed by atoms with E-state index in [0.29, 0.717) is 18.0 Å². The summed E-state index contributed by atoms with van der Waals surface area (Å²) in [5, 5.41) is 11.9. The van der Waals surface area contributed by atoms with Crippen LogP contribution in [0.3, 0.4) is 0 Å². The molecule has 0 aromatic carbocycles. The highest BCUT2D eigenvalue weighted by Crippen LogP contribution is 2.17. The summed E-state index contributed by atoms with van der Waals surface area (Å²) in [6.45, 7) is 0.0596. The zero-order valence-corrected chi connectivity index (χ0v) is 11.2. The quantitative estimate of drug-likeness (QED) is 0.797. The normalized spacial score (nSPS) is 9.53. The third-order valence-corrected chi connectivity index (χ3v) is 3.17. The van der Waals surface area contributed by atoms with Crippen molar-refractivity contribution in [2.24, 2.45) is 0 Å². The number of rotatable bonds is 5. The molecule has 0 fully saturated rings. The van der Waals surface area contributed by atoms with E-state index in [-0.39, 0.29) is 12.5 Å². The van der Waals surface area contributed by atoms with E-state index in [9.17, 15) is 4.79 Å². The van der Waals surface area contributed by atoms with Crippen molar-refractivity contribution in [3.8, 4) is 11.8 Å². The Morgan fingerprint density at radius 1 is 1.71 bits per heavy atom. The number of hydrogen-bond acceptors (Lipinski definition) is 5. The van der Waals surface area contributed by atoms with Crippen molar-refractivity contribution in [3.63, 3.8) is 0 Å². The first-order valence-corrected chi connectivity index (χ1v) is 7.31. The first kappa shape index (κ1) is 14.0. The SMILES string of the molecule is CSCCC(=O)Nc1ncc(C#CCCO)s1. The van der Waals surface area contributed by atoms with Crippen molar-refractivity contribution in [2.75, 3.05) is 23.9 Å². The predicted molar refractivity (Wildman–Crippen MR) is 72.3 cm³/mol. The number of nitrogens with one attached hydrogen (secondary N) is 1. The topological polar surface area (TPSA) is 62.2 Å². The molecule has 0 bridgehead atoms. The largest absolute Gasteiger partial charge is 0.395 e. The molecule has 2 N–H and O–H groups in total. The monoisotopic (exact) mass is 270 g/mol. The molecule has 1 heterocycles. The number of carbonyl (C=O) groups excluding carboxylic acids is 1. The van der Waals surface area contributed by atoms with E-state index in [1.807, 2.05) is 6.26 Å². The summed E-state index contributed by atoms with van der Waals surface area (Å²) in [7, 11) is 0. The number of amides is 1. The molecule has 0 radical (unpaired) electrons. The number of hydrogen-bond donors (Lipinski definition) is 2. The molecule has 1 rings (SSSR count). The minimum absolute atomic E-state index is 0.0245. The molecule has 0 spiro atoms. The van der Waals surface area contributed by atoms with Crippen molar-refractivity contribution in [3.05, 3.63) is 11.1 Å². The van der Waals surface area contributed by atoms with Crippen LogP contribution >= 0.6 is 23.1 Å². The van der Waals surface area contributed by atoms with Crippen LogP contribution in [0, 0.1) is 11.8 Å². The number of aliphatic hydroxyl groups excluding tert-OH is 1. The summed E-state index contributed by atoms with van der Waals surface area (Å²) in [5.41, 5.74) is 0. The number of anilines is 1. The Hall–Kier alpha value is -1.03. The third-order valence-electron chi connectivity index (χ3n) is 1.73. The van der Waals surface area contributed by atoms with E-state index in [0.717, 1.165) is 10.6 Å². The number of thioether (sulfide) groups is 1. The van der Waals surface area contributed by atoms with Crippen LogP contribution in [0.4, 0.5) is 5.13 Å². The summed E-state index contributed by atoms with van der Waals surface area (Å²) in [4.78, 5) is 16.3. The zero-order chi connectivity index (χ0) is 12.5. The fourth-order valence-corrected chi connectivity index (χ4v) is 2.07. The second-order valence-electron chi connectivity index (χ2n) is 3.10. The van der Waals surface area contributed by atoms with Gasteiger partial charge in [0, 0.05) is 18.6 Å². The Kier molecular flexibility index (Phi) is 6.70. The Morgan fingerprint density at radius 2 is 2.53 bits per heavy atom. The van der Waals surface area contributed by atoms with Gasteiger partial charge in [0.05, 0.1) is 17.7 Å². The zero-order valence-electron chi connectivity index (χ0n) is 9.52. The third kappa shape index (κ3) is 5.73. The Labute approximate surface area is 109 Å². The van der Waals surface area contributed by atoms with Gasteiger partial charge in [-0.3, -0.25) is 4.79 Å². The molecule has 0 aliphatic heterocycles. The van der Waals surface area contributed by atoms with Crippen LogP contribution in [0.5, 0.6) is 0 Å². The van der Waals surface area contributed by atoms with Crippen LogP contribution in [0.2, 0.25) is 0 Å². The number of thiazole rings is 1. The Bertz CT molecular complexity index is 421. The Balaban J connectivity index is 2.46. The van der Waals surface area contributed by atoms with Crippen molar-refractivity contribution >= 4 is 34.1 Å². The first-order valence-electron chi connectivity index (χ1n) is 5.10. The van der Waals surface area contributed by atoms with Gasteiger partial charge in [0.2, 0.25) is 5.91 Å². The maximum atomic E-state index is 11.4. The van der Waals surface area contributed by atoms with Gasteiger partial charge in [0.25, 0.3) is 0 Å². The van der Waals surface area contributed by atoms with Gasteiger partial charge >= 0.3 is 0 Å². The van der Waals surface area contributed by atoms with Crippen molar-refractivity contribution in [1.82, 2.24) is 4.98 Å². The highest BCUT2D eigenvalue weighted by molar-refractivity contribution is 7.98. The van der Waals surface area contributed by atoms with E-state index in [1.165, 1.54) is 11.3 Å². The van der Waals surface area contributed by atoms with Crippen LogP contribution < -0.4 is 5.32 Å². The summed E-state index contributed by atoms with van der Waals surface area (Å²) < 4.78 is 0. The lowest BCUT2D eigenvalue weighted by atomic mass is 10.4. The fraction of sp³-hybridized carbons (Fsp3) is 0.455. The van der Waals surface area contributed by atoms with E-state index in [2.05, 4.69) is 22.1 Å². The van der Waals surface area contributed by atoms with Gasteiger partial charge in [-0.1, -0.05) is 23.2 Å².